The molecule has 0 aromatic rings. The molecule has 54 valence electrons. The highest BCUT2D eigenvalue weighted by atomic mass is 79.9. The average molecular weight is 195 g/mol. The van der Waals surface area contributed by atoms with Gasteiger partial charge in [-0.05, 0) is 12.8 Å². The largest absolute Gasteiger partial charge is 0.235 e. The summed E-state index contributed by atoms with van der Waals surface area (Å²) in [4.78, 5) is 0. The minimum absolute atomic E-state index is 0.304. The van der Waals surface area contributed by atoms with Gasteiger partial charge in [0.1, 0.15) is 0 Å². The van der Waals surface area contributed by atoms with Crippen LogP contribution in [0, 0.1) is 5.92 Å². The first kappa shape index (κ1) is 7.52. The molecule has 1 aliphatic rings. The van der Waals surface area contributed by atoms with E-state index in [0.29, 0.717) is 5.92 Å². The van der Waals surface area contributed by atoms with Gasteiger partial charge in [0.25, 0.3) is 0 Å². The first-order chi connectivity index (χ1) is 4.30. The maximum absolute atomic E-state index is 12.5. The van der Waals surface area contributed by atoms with Gasteiger partial charge in [0.05, 0.1) is 0 Å². The Bertz CT molecular complexity index is 77.0. The summed E-state index contributed by atoms with van der Waals surface area (Å²) in [5.41, 5.74) is 0. The monoisotopic (exact) mass is 194 g/mol. The van der Waals surface area contributed by atoms with Crippen LogP contribution in [0.4, 0.5) is 4.39 Å². The van der Waals surface area contributed by atoms with Crippen LogP contribution in [0.3, 0.4) is 0 Å². The highest BCUT2D eigenvalue weighted by molar-refractivity contribution is 9.09. The number of hydrogen-bond donors (Lipinski definition) is 0. The second-order valence-corrected chi connectivity index (χ2v) is 3.61. The van der Waals surface area contributed by atoms with Crippen LogP contribution in [0.15, 0.2) is 0 Å². The van der Waals surface area contributed by atoms with Crippen molar-refractivity contribution in [1.29, 1.82) is 0 Å². The first-order valence-corrected chi connectivity index (χ1v) is 4.50. The van der Waals surface area contributed by atoms with E-state index in [1.165, 1.54) is 19.3 Å². The van der Waals surface area contributed by atoms with Crippen molar-refractivity contribution in [2.24, 2.45) is 5.92 Å². The van der Waals surface area contributed by atoms with Crippen molar-refractivity contribution >= 4 is 15.9 Å². The molecule has 9 heavy (non-hydrogen) atoms. The highest BCUT2D eigenvalue weighted by Crippen LogP contribution is 2.30. The van der Waals surface area contributed by atoms with Crippen LogP contribution < -0.4 is 0 Å². The van der Waals surface area contributed by atoms with Crippen molar-refractivity contribution in [2.45, 2.75) is 37.2 Å². The van der Waals surface area contributed by atoms with Crippen molar-refractivity contribution < 1.29 is 4.39 Å². The van der Waals surface area contributed by atoms with E-state index in [0.717, 1.165) is 12.8 Å². The second-order valence-electron chi connectivity index (χ2n) is 2.73. The summed E-state index contributed by atoms with van der Waals surface area (Å²) in [5, 5.41) is -0.752. The topological polar surface area (TPSA) is 0 Å². The van der Waals surface area contributed by atoms with Crippen LogP contribution in [-0.2, 0) is 0 Å². The van der Waals surface area contributed by atoms with Gasteiger partial charge >= 0.3 is 0 Å². The lowest BCUT2D eigenvalue weighted by Crippen LogP contribution is -2.13. The Morgan fingerprint density at radius 2 is 1.78 bits per heavy atom. The Hall–Kier alpha value is 0.410. The zero-order chi connectivity index (χ0) is 6.69. The van der Waals surface area contributed by atoms with Crippen molar-refractivity contribution in [3.63, 3.8) is 0 Å². The van der Waals surface area contributed by atoms with Crippen molar-refractivity contribution in [2.75, 3.05) is 0 Å². The normalized spacial score (nSPS) is 26.0. The molecule has 1 rings (SSSR count). The quantitative estimate of drug-likeness (QED) is 0.563. The van der Waals surface area contributed by atoms with Gasteiger partial charge in [0, 0.05) is 5.92 Å². The summed E-state index contributed by atoms with van der Waals surface area (Å²) in [6.07, 6.45) is 5.89. The summed E-state index contributed by atoms with van der Waals surface area (Å²) in [5.74, 6) is 0.304. The zero-order valence-corrected chi connectivity index (χ0v) is 7.03. The lowest BCUT2D eigenvalue weighted by molar-refractivity contribution is 0.259. The molecule has 1 atom stereocenters. The molecule has 2 heteroatoms. The fraction of sp³-hybridized carbons (Fsp3) is 1.00. The maximum atomic E-state index is 12.5. The van der Waals surface area contributed by atoms with E-state index in [1.807, 2.05) is 0 Å². The Labute approximate surface area is 64.0 Å². The lowest BCUT2D eigenvalue weighted by Gasteiger charge is -2.21. The number of halogens is 2. The van der Waals surface area contributed by atoms with Gasteiger partial charge < -0.3 is 0 Å². The van der Waals surface area contributed by atoms with Gasteiger partial charge in [-0.3, -0.25) is 0 Å². The van der Waals surface area contributed by atoms with E-state index in [4.69, 9.17) is 0 Å². The minimum Gasteiger partial charge on any atom is -0.235 e. The average Bonchev–Trinajstić information content (AvgIpc) is 1.90. The van der Waals surface area contributed by atoms with Crippen molar-refractivity contribution in [3.8, 4) is 0 Å². The molecule has 1 unspecified atom stereocenters. The van der Waals surface area contributed by atoms with Crippen LogP contribution in [-0.4, -0.2) is 5.08 Å². The molecular weight excluding hydrogens is 183 g/mol. The smallest absolute Gasteiger partial charge is 0.157 e. The van der Waals surface area contributed by atoms with Crippen molar-refractivity contribution in [1.82, 2.24) is 0 Å². The number of alkyl halides is 2. The lowest BCUT2D eigenvalue weighted by atomic mass is 9.90. The molecule has 0 saturated heterocycles. The Morgan fingerprint density at radius 1 is 1.22 bits per heavy atom. The van der Waals surface area contributed by atoms with Gasteiger partial charge in [-0.1, -0.05) is 35.2 Å². The molecule has 0 radical (unpaired) electrons. The summed E-state index contributed by atoms with van der Waals surface area (Å²) in [6.45, 7) is 0. The van der Waals surface area contributed by atoms with Crippen LogP contribution in [0.25, 0.3) is 0 Å². The third kappa shape index (κ3) is 2.24. The van der Waals surface area contributed by atoms with Gasteiger partial charge in [0.2, 0.25) is 0 Å². The first-order valence-electron chi connectivity index (χ1n) is 3.59. The van der Waals surface area contributed by atoms with E-state index in [1.54, 1.807) is 0 Å². The summed E-state index contributed by atoms with van der Waals surface area (Å²) in [7, 11) is 0. The van der Waals surface area contributed by atoms with Crippen LogP contribution in [0.2, 0.25) is 0 Å². The molecule has 0 aromatic heterocycles. The molecule has 0 nitrogen and oxygen atoms in total. The Kier molecular flexibility index (Phi) is 2.96. The van der Waals surface area contributed by atoms with E-state index < -0.39 is 5.08 Å². The van der Waals surface area contributed by atoms with Crippen LogP contribution in [0.1, 0.15) is 32.1 Å². The van der Waals surface area contributed by atoms with Gasteiger partial charge in [-0.2, -0.15) is 0 Å². The molecule has 1 aliphatic carbocycles. The number of hydrogen-bond acceptors (Lipinski definition) is 0. The summed E-state index contributed by atoms with van der Waals surface area (Å²) in [6, 6.07) is 0. The molecule has 1 saturated carbocycles. The molecule has 0 N–H and O–H groups in total. The summed E-state index contributed by atoms with van der Waals surface area (Å²) < 4.78 is 12.5. The minimum atomic E-state index is -0.752. The Balaban J connectivity index is 2.23. The van der Waals surface area contributed by atoms with Gasteiger partial charge in [-0.15, -0.1) is 0 Å². The Morgan fingerprint density at radius 3 is 2.11 bits per heavy atom. The molecule has 0 spiro atoms. The second kappa shape index (κ2) is 3.55. The molecular formula is C7H12BrF. The molecule has 0 heterocycles. The van der Waals surface area contributed by atoms with Gasteiger partial charge in [-0.25, -0.2) is 4.39 Å². The van der Waals surface area contributed by atoms with Crippen LogP contribution in [0.5, 0.6) is 0 Å². The highest BCUT2D eigenvalue weighted by Gasteiger charge is 2.19. The zero-order valence-electron chi connectivity index (χ0n) is 5.45. The summed E-state index contributed by atoms with van der Waals surface area (Å²) >= 11 is 2.97. The van der Waals surface area contributed by atoms with Crippen molar-refractivity contribution in [3.05, 3.63) is 0 Å². The van der Waals surface area contributed by atoms with E-state index in [2.05, 4.69) is 15.9 Å². The fourth-order valence-electron chi connectivity index (χ4n) is 1.39. The molecule has 0 bridgehead atoms. The fourth-order valence-corrected chi connectivity index (χ4v) is 1.91. The number of rotatable bonds is 1. The maximum Gasteiger partial charge on any atom is 0.157 e. The SMILES string of the molecule is FC(Br)C1CCCCC1. The van der Waals surface area contributed by atoms with Crippen LogP contribution >= 0.6 is 15.9 Å². The standard InChI is InChI=1S/C7H12BrF/c8-7(9)6-4-2-1-3-5-6/h6-7H,1-5H2. The van der Waals surface area contributed by atoms with E-state index in [-0.39, 0.29) is 0 Å². The predicted octanol–water partition coefficient (Wildman–Crippen LogP) is 3.26. The third-order valence-corrected chi connectivity index (χ3v) is 2.75. The molecule has 1 fully saturated rings. The predicted molar refractivity (Wildman–Crippen MR) is 40.4 cm³/mol. The molecule has 0 aliphatic heterocycles. The molecule has 0 aromatic carbocycles. The third-order valence-electron chi connectivity index (χ3n) is 2.01. The molecule has 0 amide bonds. The van der Waals surface area contributed by atoms with Gasteiger partial charge in [0.15, 0.2) is 5.08 Å². The van der Waals surface area contributed by atoms with E-state index in [9.17, 15) is 4.39 Å². The van der Waals surface area contributed by atoms with E-state index >= 15 is 0 Å².